The van der Waals surface area contributed by atoms with E-state index in [9.17, 15) is 9.18 Å². The topological polar surface area (TPSA) is 64.9 Å². The fourth-order valence-electron chi connectivity index (χ4n) is 2.41. The lowest BCUT2D eigenvalue weighted by Crippen LogP contribution is -2.34. The van der Waals surface area contributed by atoms with Crippen molar-refractivity contribution in [1.29, 1.82) is 5.26 Å². The summed E-state index contributed by atoms with van der Waals surface area (Å²) in [6.07, 6.45) is 4.70. The van der Waals surface area contributed by atoms with E-state index in [1.165, 1.54) is 25.0 Å². The number of hydrogen-bond donors (Lipinski definition) is 2. The molecule has 1 amide bonds. The van der Waals surface area contributed by atoms with Crippen LogP contribution in [0.4, 0.5) is 10.1 Å². The molecule has 1 unspecified atom stereocenters. The molecule has 0 radical (unpaired) electrons. The van der Waals surface area contributed by atoms with E-state index < -0.39 is 5.82 Å². The van der Waals surface area contributed by atoms with Crippen molar-refractivity contribution in [3.8, 4) is 6.07 Å². The zero-order valence-corrected chi connectivity index (χ0v) is 11.3. The first kappa shape index (κ1) is 14.5. The van der Waals surface area contributed by atoms with Crippen LogP contribution in [0.1, 0.15) is 37.7 Å². The lowest BCUT2D eigenvalue weighted by atomic mass is 10.0. The Morgan fingerprint density at radius 3 is 3.05 bits per heavy atom. The number of hydrogen-bond acceptors (Lipinski definition) is 3. The summed E-state index contributed by atoms with van der Waals surface area (Å²) in [5.74, 6) is -0.619. The van der Waals surface area contributed by atoms with Crippen molar-refractivity contribution in [2.45, 2.75) is 38.1 Å². The van der Waals surface area contributed by atoms with E-state index >= 15 is 0 Å². The molecule has 0 aliphatic carbocycles. The Balaban J connectivity index is 1.86. The third-order valence-corrected chi connectivity index (χ3v) is 3.51. The Morgan fingerprint density at radius 2 is 2.35 bits per heavy atom. The standard InChI is InChI=1S/C15H18FN3O/c16-12-4-6-14(11(9-12)10-17)19-15(20)7-5-13-3-1-2-8-18-13/h4,6,9,13,18H,1-3,5,7-8H2,(H,19,20). The van der Waals surface area contributed by atoms with Crippen molar-refractivity contribution in [2.75, 3.05) is 11.9 Å². The van der Waals surface area contributed by atoms with E-state index in [4.69, 9.17) is 5.26 Å². The van der Waals surface area contributed by atoms with Crippen LogP contribution in [-0.4, -0.2) is 18.5 Å². The molecule has 106 valence electrons. The highest BCUT2D eigenvalue weighted by molar-refractivity contribution is 5.92. The monoisotopic (exact) mass is 275 g/mol. The Kier molecular flexibility index (Phi) is 5.08. The maximum atomic E-state index is 13.0. The Morgan fingerprint density at radius 1 is 1.50 bits per heavy atom. The maximum absolute atomic E-state index is 13.0. The number of nitriles is 1. The molecule has 1 fully saturated rings. The molecule has 1 heterocycles. The molecule has 1 aliphatic heterocycles. The fourth-order valence-corrected chi connectivity index (χ4v) is 2.41. The normalized spacial score (nSPS) is 18.3. The molecular formula is C15H18FN3O. The van der Waals surface area contributed by atoms with Gasteiger partial charge in [0.1, 0.15) is 11.9 Å². The molecular weight excluding hydrogens is 257 g/mol. The maximum Gasteiger partial charge on any atom is 0.224 e. The third-order valence-electron chi connectivity index (χ3n) is 3.51. The molecule has 0 aromatic heterocycles. The van der Waals surface area contributed by atoms with Crippen LogP contribution in [0.2, 0.25) is 0 Å². The molecule has 1 aromatic rings. The molecule has 0 spiro atoms. The Bertz CT molecular complexity index is 518. The van der Waals surface area contributed by atoms with Gasteiger partial charge in [-0.25, -0.2) is 4.39 Å². The minimum absolute atomic E-state index is 0.138. The van der Waals surface area contributed by atoms with Crippen LogP contribution in [0.25, 0.3) is 0 Å². The molecule has 1 aliphatic rings. The second kappa shape index (κ2) is 7.01. The highest BCUT2D eigenvalue weighted by Gasteiger charge is 2.14. The van der Waals surface area contributed by atoms with Crippen molar-refractivity contribution in [2.24, 2.45) is 0 Å². The van der Waals surface area contributed by atoms with Crippen LogP contribution in [0.15, 0.2) is 18.2 Å². The van der Waals surface area contributed by atoms with E-state index in [1.807, 2.05) is 6.07 Å². The minimum Gasteiger partial charge on any atom is -0.325 e. The van der Waals surface area contributed by atoms with Gasteiger partial charge in [-0.1, -0.05) is 6.42 Å². The number of anilines is 1. The van der Waals surface area contributed by atoms with E-state index in [1.54, 1.807) is 0 Å². The molecule has 2 rings (SSSR count). The van der Waals surface area contributed by atoms with Gasteiger partial charge in [0, 0.05) is 12.5 Å². The van der Waals surface area contributed by atoms with Gasteiger partial charge in [-0.3, -0.25) is 4.79 Å². The second-order valence-corrected chi connectivity index (χ2v) is 5.04. The lowest BCUT2D eigenvalue weighted by Gasteiger charge is -2.23. The van der Waals surface area contributed by atoms with Gasteiger partial charge in [-0.15, -0.1) is 0 Å². The number of amides is 1. The van der Waals surface area contributed by atoms with Crippen LogP contribution < -0.4 is 10.6 Å². The first-order valence-electron chi connectivity index (χ1n) is 6.92. The van der Waals surface area contributed by atoms with Gasteiger partial charge in [0.05, 0.1) is 11.3 Å². The Labute approximate surface area is 118 Å². The molecule has 4 nitrogen and oxygen atoms in total. The number of carbonyl (C=O) groups excluding carboxylic acids is 1. The number of rotatable bonds is 4. The number of benzene rings is 1. The molecule has 1 aromatic carbocycles. The number of piperidine rings is 1. The first-order chi connectivity index (χ1) is 9.69. The summed E-state index contributed by atoms with van der Waals surface area (Å²) in [7, 11) is 0. The predicted octanol–water partition coefficient (Wildman–Crippen LogP) is 2.56. The highest BCUT2D eigenvalue weighted by atomic mass is 19.1. The molecule has 2 N–H and O–H groups in total. The fraction of sp³-hybridized carbons (Fsp3) is 0.467. The summed E-state index contributed by atoms with van der Waals surface area (Å²) in [5, 5.41) is 15.0. The van der Waals surface area contributed by atoms with Gasteiger partial charge >= 0.3 is 0 Å². The molecule has 1 saturated heterocycles. The van der Waals surface area contributed by atoms with Crippen molar-refractivity contribution in [1.82, 2.24) is 5.32 Å². The summed E-state index contributed by atoms with van der Waals surface area (Å²) < 4.78 is 13.0. The smallest absolute Gasteiger partial charge is 0.224 e. The minimum atomic E-state index is -0.481. The number of halogens is 1. The summed E-state index contributed by atoms with van der Waals surface area (Å²) in [4.78, 5) is 11.9. The second-order valence-electron chi connectivity index (χ2n) is 5.04. The van der Waals surface area contributed by atoms with E-state index in [-0.39, 0.29) is 11.5 Å². The zero-order valence-electron chi connectivity index (χ0n) is 11.3. The van der Waals surface area contributed by atoms with Crippen molar-refractivity contribution >= 4 is 11.6 Å². The molecule has 5 heteroatoms. The van der Waals surface area contributed by atoms with Crippen LogP contribution in [0, 0.1) is 17.1 Å². The highest BCUT2D eigenvalue weighted by Crippen LogP contribution is 2.17. The number of nitrogens with one attached hydrogen (secondary N) is 2. The summed E-state index contributed by atoms with van der Waals surface area (Å²) in [6, 6.07) is 6.06. The Hall–Kier alpha value is -1.93. The van der Waals surface area contributed by atoms with E-state index in [0.717, 1.165) is 25.5 Å². The molecule has 0 saturated carbocycles. The van der Waals surface area contributed by atoms with Gasteiger partial charge in [0.15, 0.2) is 0 Å². The van der Waals surface area contributed by atoms with Gasteiger partial charge < -0.3 is 10.6 Å². The summed E-state index contributed by atoms with van der Waals surface area (Å²) in [6.45, 7) is 1.02. The molecule has 20 heavy (non-hydrogen) atoms. The first-order valence-corrected chi connectivity index (χ1v) is 6.92. The quantitative estimate of drug-likeness (QED) is 0.887. The van der Waals surface area contributed by atoms with Crippen molar-refractivity contribution in [3.63, 3.8) is 0 Å². The van der Waals surface area contributed by atoms with Gasteiger partial charge in [-0.2, -0.15) is 5.26 Å². The lowest BCUT2D eigenvalue weighted by molar-refractivity contribution is -0.116. The molecule has 0 bridgehead atoms. The molecule has 1 atom stereocenters. The zero-order chi connectivity index (χ0) is 14.4. The van der Waals surface area contributed by atoms with Crippen LogP contribution >= 0.6 is 0 Å². The van der Waals surface area contributed by atoms with E-state index in [0.29, 0.717) is 18.2 Å². The SMILES string of the molecule is N#Cc1cc(F)ccc1NC(=O)CCC1CCCCN1. The third kappa shape index (κ3) is 4.04. The van der Waals surface area contributed by atoms with Gasteiger partial charge in [-0.05, 0) is 44.0 Å². The average molecular weight is 275 g/mol. The van der Waals surface area contributed by atoms with Gasteiger partial charge in [0.25, 0.3) is 0 Å². The van der Waals surface area contributed by atoms with Crippen LogP contribution in [0.5, 0.6) is 0 Å². The number of carbonyl (C=O) groups is 1. The van der Waals surface area contributed by atoms with Crippen LogP contribution in [-0.2, 0) is 4.79 Å². The van der Waals surface area contributed by atoms with Gasteiger partial charge in [0.2, 0.25) is 5.91 Å². The van der Waals surface area contributed by atoms with E-state index in [2.05, 4.69) is 10.6 Å². The summed E-state index contributed by atoms with van der Waals surface area (Å²) in [5.41, 5.74) is 0.518. The largest absolute Gasteiger partial charge is 0.325 e. The average Bonchev–Trinajstić information content (AvgIpc) is 2.48. The van der Waals surface area contributed by atoms with Crippen LogP contribution in [0.3, 0.4) is 0 Å². The predicted molar refractivity (Wildman–Crippen MR) is 74.6 cm³/mol. The number of nitrogens with zero attached hydrogens (tertiary/aromatic N) is 1. The summed E-state index contributed by atoms with van der Waals surface area (Å²) >= 11 is 0. The van der Waals surface area contributed by atoms with Crippen molar-refractivity contribution < 1.29 is 9.18 Å². The van der Waals surface area contributed by atoms with Crippen molar-refractivity contribution in [3.05, 3.63) is 29.6 Å².